The largest absolute Gasteiger partial charge is 0.508 e. The maximum Gasteiger partial charge on any atom is 0.260 e. The lowest BCUT2D eigenvalue weighted by atomic mass is 10.2. The number of nitrogens with one attached hydrogen (secondary N) is 1. The second-order valence-corrected chi connectivity index (χ2v) is 4.75. The second kappa shape index (κ2) is 5.76. The van der Waals surface area contributed by atoms with Crippen molar-refractivity contribution in [2.75, 3.05) is 0 Å². The summed E-state index contributed by atoms with van der Waals surface area (Å²) in [7, 11) is 0. The number of aromatic hydroxyl groups is 1. The molecule has 1 fully saturated rings. The molecule has 1 saturated carbocycles. The molecule has 0 bridgehead atoms. The van der Waals surface area contributed by atoms with Crippen LogP contribution in [-0.4, -0.2) is 23.2 Å². The van der Waals surface area contributed by atoms with Crippen LogP contribution >= 0.6 is 0 Å². The maximum atomic E-state index is 11.9. The third-order valence-electron chi connectivity index (χ3n) is 3.20. The van der Waals surface area contributed by atoms with Crippen LogP contribution in [-0.2, 0) is 4.79 Å². The lowest BCUT2D eigenvalue weighted by Gasteiger charge is -2.18. The van der Waals surface area contributed by atoms with E-state index in [1.54, 1.807) is 25.1 Å². The molecular weight excluding hydrogens is 230 g/mol. The monoisotopic (exact) mass is 249 g/mol. The molecule has 0 heterocycles. The van der Waals surface area contributed by atoms with Crippen LogP contribution in [0.25, 0.3) is 0 Å². The lowest BCUT2D eigenvalue weighted by Crippen LogP contribution is -2.41. The van der Waals surface area contributed by atoms with E-state index < -0.39 is 6.10 Å². The van der Waals surface area contributed by atoms with Gasteiger partial charge in [0.25, 0.3) is 5.91 Å². The van der Waals surface area contributed by atoms with Crippen molar-refractivity contribution in [1.82, 2.24) is 5.32 Å². The fourth-order valence-electron chi connectivity index (χ4n) is 2.20. The average Bonchev–Trinajstić information content (AvgIpc) is 2.81. The van der Waals surface area contributed by atoms with Crippen LogP contribution in [0, 0.1) is 0 Å². The molecule has 4 heteroatoms. The van der Waals surface area contributed by atoms with E-state index in [-0.39, 0.29) is 11.7 Å². The fraction of sp³-hybridized carbons (Fsp3) is 0.500. The standard InChI is InChI=1S/C14H19NO3/c1-10(14(17)15-11-5-2-3-6-11)18-13-8-4-7-12(16)9-13/h4,7-11,16H,2-3,5-6H2,1H3,(H,15,17). The first-order valence-electron chi connectivity index (χ1n) is 6.41. The summed E-state index contributed by atoms with van der Waals surface area (Å²) in [6, 6.07) is 6.77. The van der Waals surface area contributed by atoms with Crippen molar-refractivity contribution in [3.63, 3.8) is 0 Å². The first kappa shape index (κ1) is 12.7. The van der Waals surface area contributed by atoms with E-state index in [2.05, 4.69) is 5.32 Å². The molecule has 2 N–H and O–H groups in total. The van der Waals surface area contributed by atoms with Crippen LogP contribution in [0.3, 0.4) is 0 Å². The van der Waals surface area contributed by atoms with Crippen LogP contribution in [0.2, 0.25) is 0 Å². The summed E-state index contributed by atoms with van der Waals surface area (Å²) < 4.78 is 5.50. The zero-order valence-electron chi connectivity index (χ0n) is 10.6. The Morgan fingerprint density at radius 3 is 2.83 bits per heavy atom. The Kier molecular flexibility index (Phi) is 4.07. The molecule has 1 aliphatic rings. The quantitative estimate of drug-likeness (QED) is 0.860. The molecule has 1 aliphatic carbocycles. The van der Waals surface area contributed by atoms with Gasteiger partial charge in [0.15, 0.2) is 6.10 Å². The third kappa shape index (κ3) is 3.39. The molecule has 1 unspecified atom stereocenters. The molecule has 0 saturated heterocycles. The Balaban J connectivity index is 1.86. The first-order chi connectivity index (χ1) is 8.65. The summed E-state index contributed by atoms with van der Waals surface area (Å²) in [5.74, 6) is 0.546. The number of hydrogen-bond donors (Lipinski definition) is 2. The highest BCUT2D eigenvalue weighted by Gasteiger charge is 2.21. The van der Waals surface area contributed by atoms with Crippen molar-refractivity contribution in [1.29, 1.82) is 0 Å². The number of ether oxygens (including phenoxy) is 1. The number of phenols is 1. The molecule has 0 aliphatic heterocycles. The number of phenolic OH excluding ortho intramolecular Hbond substituents is 1. The van der Waals surface area contributed by atoms with Gasteiger partial charge in [0.05, 0.1) is 0 Å². The molecule has 0 radical (unpaired) electrons. The second-order valence-electron chi connectivity index (χ2n) is 4.75. The van der Waals surface area contributed by atoms with Crippen LogP contribution in [0.15, 0.2) is 24.3 Å². The minimum absolute atomic E-state index is 0.0924. The molecule has 0 aromatic heterocycles. The topological polar surface area (TPSA) is 58.6 Å². The fourth-order valence-corrected chi connectivity index (χ4v) is 2.20. The van der Waals surface area contributed by atoms with E-state index in [4.69, 9.17) is 4.74 Å². The van der Waals surface area contributed by atoms with Crippen molar-refractivity contribution >= 4 is 5.91 Å². The molecule has 1 aromatic carbocycles. The van der Waals surface area contributed by atoms with Gasteiger partial charge in [0.2, 0.25) is 0 Å². The molecule has 98 valence electrons. The summed E-state index contributed by atoms with van der Waals surface area (Å²) in [6.45, 7) is 1.72. The van der Waals surface area contributed by atoms with E-state index in [9.17, 15) is 9.90 Å². The van der Waals surface area contributed by atoms with Gasteiger partial charge in [-0.2, -0.15) is 0 Å². The predicted molar refractivity (Wildman–Crippen MR) is 68.6 cm³/mol. The Morgan fingerprint density at radius 2 is 2.17 bits per heavy atom. The Hall–Kier alpha value is -1.71. The van der Waals surface area contributed by atoms with Gasteiger partial charge in [-0.05, 0) is 31.9 Å². The van der Waals surface area contributed by atoms with Gasteiger partial charge in [-0.3, -0.25) is 4.79 Å². The smallest absolute Gasteiger partial charge is 0.260 e. The highest BCUT2D eigenvalue weighted by Crippen LogP contribution is 2.20. The zero-order chi connectivity index (χ0) is 13.0. The van der Waals surface area contributed by atoms with Crippen molar-refractivity contribution < 1.29 is 14.6 Å². The number of carbonyl (C=O) groups is 1. The SMILES string of the molecule is CC(Oc1cccc(O)c1)C(=O)NC1CCCC1. The first-order valence-corrected chi connectivity index (χ1v) is 6.41. The summed E-state index contributed by atoms with van der Waals surface area (Å²) in [6.07, 6.45) is 3.95. The molecular formula is C14H19NO3. The lowest BCUT2D eigenvalue weighted by molar-refractivity contribution is -0.127. The number of rotatable bonds is 4. The van der Waals surface area contributed by atoms with Crippen molar-refractivity contribution in [3.8, 4) is 11.5 Å². The van der Waals surface area contributed by atoms with Crippen molar-refractivity contribution in [2.24, 2.45) is 0 Å². The highest BCUT2D eigenvalue weighted by atomic mass is 16.5. The van der Waals surface area contributed by atoms with Crippen molar-refractivity contribution in [3.05, 3.63) is 24.3 Å². The van der Waals surface area contributed by atoms with E-state index in [0.717, 1.165) is 12.8 Å². The van der Waals surface area contributed by atoms with Crippen LogP contribution in [0.4, 0.5) is 0 Å². The van der Waals surface area contributed by atoms with E-state index in [0.29, 0.717) is 11.8 Å². The zero-order valence-corrected chi connectivity index (χ0v) is 10.6. The van der Waals surface area contributed by atoms with Gasteiger partial charge in [-0.25, -0.2) is 0 Å². The van der Waals surface area contributed by atoms with E-state index in [1.807, 2.05) is 0 Å². The predicted octanol–water partition coefficient (Wildman–Crippen LogP) is 2.22. The molecule has 1 amide bonds. The molecule has 0 spiro atoms. The van der Waals surface area contributed by atoms with Crippen LogP contribution in [0.5, 0.6) is 11.5 Å². The van der Waals surface area contributed by atoms with Crippen LogP contribution in [0.1, 0.15) is 32.6 Å². The summed E-state index contributed by atoms with van der Waals surface area (Å²) in [5.41, 5.74) is 0. The van der Waals surface area contributed by atoms with E-state index in [1.165, 1.54) is 18.9 Å². The number of carbonyl (C=O) groups excluding carboxylic acids is 1. The Labute approximate surface area is 107 Å². The Morgan fingerprint density at radius 1 is 1.44 bits per heavy atom. The summed E-state index contributed by atoms with van der Waals surface area (Å²) in [5, 5.41) is 12.3. The van der Waals surface area contributed by atoms with Gasteiger partial charge >= 0.3 is 0 Å². The molecule has 4 nitrogen and oxygen atoms in total. The van der Waals surface area contributed by atoms with Gasteiger partial charge in [0.1, 0.15) is 11.5 Å². The minimum Gasteiger partial charge on any atom is -0.508 e. The number of amides is 1. The normalized spacial score (nSPS) is 17.4. The van der Waals surface area contributed by atoms with Gasteiger partial charge in [-0.1, -0.05) is 18.9 Å². The molecule has 1 aromatic rings. The van der Waals surface area contributed by atoms with E-state index >= 15 is 0 Å². The third-order valence-corrected chi connectivity index (χ3v) is 3.20. The molecule has 1 atom stereocenters. The summed E-state index contributed by atoms with van der Waals surface area (Å²) in [4.78, 5) is 11.9. The molecule has 18 heavy (non-hydrogen) atoms. The average molecular weight is 249 g/mol. The van der Waals surface area contributed by atoms with Gasteiger partial charge < -0.3 is 15.2 Å². The number of hydrogen-bond acceptors (Lipinski definition) is 3. The van der Waals surface area contributed by atoms with Crippen molar-refractivity contribution in [2.45, 2.75) is 44.8 Å². The molecule has 2 rings (SSSR count). The summed E-state index contributed by atoms with van der Waals surface area (Å²) >= 11 is 0. The minimum atomic E-state index is -0.549. The number of benzene rings is 1. The Bertz CT molecular complexity index is 413. The van der Waals surface area contributed by atoms with Crippen LogP contribution < -0.4 is 10.1 Å². The highest BCUT2D eigenvalue weighted by molar-refractivity contribution is 5.81. The van der Waals surface area contributed by atoms with Gasteiger partial charge in [0, 0.05) is 12.1 Å². The maximum absolute atomic E-state index is 11.9. The van der Waals surface area contributed by atoms with Gasteiger partial charge in [-0.15, -0.1) is 0 Å².